The fourth-order valence-electron chi connectivity index (χ4n) is 1.13. The lowest BCUT2D eigenvalue weighted by molar-refractivity contribution is -0.131. The highest BCUT2D eigenvalue weighted by atomic mass is 16.4. The first-order chi connectivity index (χ1) is 11.8. The number of nitrogens with zero attached hydrogens (tertiary/aromatic N) is 2. The van der Waals surface area contributed by atoms with E-state index in [2.05, 4.69) is 9.98 Å². The van der Waals surface area contributed by atoms with Crippen LogP contribution in [0.1, 0.15) is 39.5 Å². The topological polar surface area (TPSA) is 157 Å². The molecule has 9 nitrogen and oxygen atoms in total. The lowest BCUT2D eigenvalue weighted by Crippen LogP contribution is -2.15. The molecule has 4 N–H and O–H groups in total. The van der Waals surface area contributed by atoms with Crippen molar-refractivity contribution in [3.63, 3.8) is 0 Å². The highest BCUT2D eigenvalue weighted by Gasteiger charge is 1.93. The average molecular weight is 360 g/mol. The first-order valence-corrected chi connectivity index (χ1v) is 7.70. The summed E-state index contributed by atoms with van der Waals surface area (Å²) >= 11 is 0. The molecule has 0 aliphatic carbocycles. The normalized spacial score (nSPS) is 8.56. The second-order valence-corrected chi connectivity index (χ2v) is 4.94. The summed E-state index contributed by atoms with van der Waals surface area (Å²) in [6.07, 6.45) is 7.01. The van der Waals surface area contributed by atoms with Gasteiger partial charge in [0.05, 0.1) is 26.3 Å². The van der Waals surface area contributed by atoms with Crippen LogP contribution in [0.2, 0.25) is 0 Å². The molecular weight excluding hydrogens is 332 g/mol. The van der Waals surface area contributed by atoms with Gasteiger partial charge in [-0.1, -0.05) is 18.4 Å². The number of aliphatic imine (C=N–C) groups is 2. The molecule has 0 aromatic heterocycles. The second-order valence-electron chi connectivity index (χ2n) is 4.94. The number of rotatable bonds is 10. The zero-order valence-corrected chi connectivity index (χ0v) is 14.7. The van der Waals surface area contributed by atoms with Crippen molar-refractivity contribution in [2.75, 3.05) is 26.3 Å². The Morgan fingerprint density at radius 3 is 1.52 bits per heavy atom. The van der Waals surface area contributed by atoms with Crippen molar-refractivity contribution in [3.8, 4) is 0 Å². The number of aliphatic carboxylic acids is 1. The van der Waals surface area contributed by atoms with E-state index in [1.807, 2.05) is 0 Å². The second kappa shape index (κ2) is 24.1. The minimum Gasteiger partial charge on any atom is -0.478 e. The highest BCUT2D eigenvalue weighted by Crippen LogP contribution is 1.99. The summed E-state index contributed by atoms with van der Waals surface area (Å²) in [5, 5.41) is 32.0. The van der Waals surface area contributed by atoms with Gasteiger partial charge in [0.2, 0.25) is 12.2 Å². The molecule has 9 heteroatoms. The minimum atomic E-state index is -0.954. The standard InChI is InChI=1S/C8H12N2O2.C5H8O2.C3H8O3/c11-7-9-5-3-1-2-4-6-10-8-12;1-4(2)3-5(6)7;4-1-3(6)2-5/h1-6H2;3H,1-2H3,(H,6,7);3-6H,1-2H2. The summed E-state index contributed by atoms with van der Waals surface area (Å²) < 4.78 is 0. The van der Waals surface area contributed by atoms with Crippen LogP contribution in [0.25, 0.3) is 0 Å². The molecule has 0 fully saturated rings. The predicted octanol–water partition coefficient (Wildman–Crippen LogP) is 0.587. The summed E-state index contributed by atoms with van der Waals surface area (Å²) in [5.74, 6) is -0.875. The van der Waals surface area contributed by atoms with Crippen LogP contribution < -0.4 is 0 Å². The zero-order valence-electron chi connectivity index (χ0n) is 14.7. The molecule has 0 spiro atoms. The number of carbonyl (C=O) groups is 1. The van der Waals surface area contributed by atoms with Crippen molar-refractivity contribution in [1.29, 1.82) is 0 Å². The van der Waals surface area contributed by atoms with Crippen LogP contribution in [0.15, 0.2) is 21.6 Å². The maximum Gasteiger partial charge on any atom is 0.328 e. The smallest absolute Gasteiger partial charge is 0.328 e. The van der Waals surface area contributed by atoms with Crippen molar-refractivity contribution in [2.45, 2.75) is 45.6 Å². The molecule has 0 saturated heterocycles. The van der Waals surface area contributed by atoms with E-state index in [0.717, 1.165) is 31.3 Å². The first kappa shape index (κ1) is 27.7. The highest BCUT2D eigenvalue weighted by molar-refractivity contribution is 5.80. The van der Waals surface area contributed by atoms with E-state index in [4.69, 9.17) is 20.4 Å². The SMILES string of the molecule is CC(C)=CC(=O)O.O=C=NCCCCCCN=C=O.OCC(O)CO. The predicted molar refractivity (Wildman–Crippen MR) is 91.7 cm³/mol. The lowest BCUT2D eigenvalue weighted by atomic mass is 10.2. The monoisotopic (exact) mass is 360 g/mol. The molecule has 0 heterocycles. The molecule has 0 aromatic rings. The van der Waals surface area contributed by atoms with E-state index in [9.17, 15) is 14.4 Å². The van der Waals surface area contributed by atoms with Crippen molar-refractivity contribution < 1.29 is 34.8 Å². The van der Waals surface area contributed by atoms with Gasteiger partial charge in [0.25, 0.3) is 0 Å². The Hall–Kier alpha value is -2.15. The van der Waals surface area contributed by atoms with E-state index in [1.165, 1.54) is 18.2 Å². The van der Waals surface area contributed by atoms with E-state index in [1.54, 1.807) is 13.8 Å². The van der Waals surface area contributed by atoms with Gasteiger partial charge in [-0.25, -0.2) is 24.4 Å². The molecule has 0 aliphatic heterocycles. The Labute approximate surface area is 147 Å². The fourth-order valence-corrected chi connectivity index (χ4v) is 1.13. The van der Waals surface area contributed by atoms with Crippen molar-refractivity contribution in [3.05, 3.63) is 11.6 Å². The van der Waals surface area contributed by atoms with Crippen LogP contribution in [0.5, 0.6) is 0 Å². The maximum atomic E-state index is 9.73. The molecule has 0 unspecified atom stereocenters. The molecule has 0 rings (SSSR count). The van der Waals surface area contributed by atoms with Gasteiger partial charge in [-0.3, -0.25) is 0 Å². The van der Waals surface area contributed by atoms with Crippen LogP contribution in [0.4, 0.5) is 0 Å². The lowest BCUT2D eigenvalue weighted by Gasteiger charge is -1.96. The average Bonchev–Trinajstić information content (AvgIpc) is 2.56. The molecule has 0 aromatic carbocycles. The molecular formula is C16H28N2O7. The molecule has 0 aliphatic rings. The largest absolute Gasteiger partial charge is 0.478 e. The third kappa shape index (κ3) is 39.0. The summed E-state index contributed by atoms with van der Waals surface area (Å²) in [4.78, 5) is 35.8. The number of carboxylic acid groups (broad SMARTS) is 1. The summed E-state index contributed by atoms with van der Waals surface area (Å²) in [5.41, 5.74) is 0.813. The van der Waals surface area contributed by atoms with Gasteiger partial charge in [0, 0.05) is 6.08 Å². The van der Waals surface area contributed by atoms with E-state index >= 15 is 0 Å². The van der Waals surface area contributed by atoms with Gasteiger partial charge in [-0.05, 0) is 26.7 Å². The van der Waals surface area contributed by atoms with Gasteiger partial charge in [0.15, 0.2) is 0 Å². The number of unbranched alkanes of at least 4 members (excludes halogenated alkanes) is 3. The Kier molecular flexibility index (Phi) is 26.7. The minimum absolute atomic E-state index is 0.365. The van der Waals surface area contributed by atoms with Crippen LogP contribution in [0, 0.1) is 0 Å². The molecule has 0 atom stereocenters. The fraction of sp³-hybridized carbons (Fsp3) is 0.688. The van der Waals surface area contributed by atoms with Crippen LogP contribution in [0.3, 0.4) is 0 Å². The Morgan fingerprint density at radius 2 is 1.36 bits per heavy atom. The van der Waals surface area contributed by atoms with Crippen LogP contribution >= 0.6 is 0 Å². The third-order valence-corrected chi connectivity index (χ3v) is 2.25. The van der Waals surface area contributed by atoms with Crippen LogP contribution in [-0.4, -0.2) is 71.0 Å². The van der Waals surface area contributed by atoms with Crippen molar-refractivity contribution in [1.82, 2.24) is 0 Å². The van der Waals surface area contributed by atoms with Gasteiger partial charge in [-0.2, -0.15) is 0 Å². The Bertz CT molecular complexity index is 410. The molecule has 0 bridgehead atoms. The summed E-state index contributed by atoms with van der Waals surface area (Å²) in [6.45, 7) is 3.87. The maximum absolute atomic E-state index is 9.73. The Balaban J connectivity index is -0.000000317. The number of aliphatic hydroxyl groups is 3. The van der Waals surface area contributed by atoms with E-state index < -0.39 is 12.1 Å². The Morgan fingerprint density at radius 1 is 0.960 bits per heavy atom. The summed E-state index contributed by atoms with van der Waals surface area (Å²) in [6, 6.07) is 0. The van der Waals surface area contributed by atoms with E-state index in [-0.39, 0.29) is 13.2 Å². The molecule has 144 valence electrons. The molecule has 0 radical (unpaired) electrons. The number of aliphatic hydroxyl groups excluding tert-OH is 3. The number of allylic oxidation sites excluding steroid dienone is 1. The quantitative estimate of drug-likeness (QED) is 0.192. The van der Waals surface area contributed by atoms with Crippen LogP contribution in [-0.2, 0) is 14.4 Å². The number of carboxylic acids is 1. The third-order valence-electron chi connectivity index (χ3n) is 2.25. The molecule has 0 amide bonds. The van der Waals surface area contributed by atoms with Gasteiger partial charge in [0.1, 0.15) is 6.10 Å². The van der Waals surface area contributed by atoms with E-state index in [0.29, 0.717) is 13.1 Å². The molecule has 25 heavy (non-hydrogen) atoms. The number of hydrogen-bond donors (Lipinski definition) is 4. The zero-order chi connectivity index (χ0) is 19.9. The van der Waals surface area contributed by atoms with Gasteiger partial charge in [-0.15, -0.1) is 0 Å². The van der Waals surface area contributed by atoms with Gasteiger partial charge < -0.3 is 20.4 Å². The number of carbonyl (C=O) groups excluding carboxylic acids is 2. The van der Waals surface area contributed by atoms with Gasteiger partial charge >= 0.3 is 5.97 Å². The summed E-state index contributed by atoms with van der Waals surface area (Å²) in [7, 11) is 0. The number of hydrogen-bond acceptors (Lipinski definition) is 8. The first-order valence-electron chi connectivity index (χ1n) is 7.70. The number of isocyanates is 2. The van der Waals surface area contributed by atoms with Crippen molar-refractivity contribution in [2.24, 2.45) is 9.98 Å². The molecule has 0 saturated carbocycles. The van der Waals surface area contributed by atoms with Crippen molar-refractivity contribution >= 4 is 18.1 Å².